The van der Waals surface area contributed by atoms with E-state index in [1.165, 1.54) is 12.1 Å². The van der Waals surface area contributed by atoms with Crippen molar-refractivity contribution in [2.75, 3.05) is 20.3 Å². The van der Waals surface area contributed by atoms with Gasteiger partial charge in [0.1, 0.15) is 12.4 Å². The van der Waals surface area contributed by atoms with E-state index in [1.807, 2.05) is 0 Å². The summed E-state index contributed by atoms with van der Waals surface area (Å²) in [6.45, 7) is 0.762. The third kappa shape index (κ3) is 5.12. The van der Waals surface area contributed by atoms with E-state index >= 15 is 0 Å². The smallest absolute Gasteiger partial charge is 0.223 e. The lowest BCUT2D eigenvalue weighted by Crippen LogP contribution is -2.26. The lowest BCUT2D eigenvalue weighted by atomic mass is 10.3. The number of guanidine groups is 2. The third-order valence-electron chi connectivity index (χ3n) is 2.03. The maximum absolute atomic E-state index is 6.01. The minimum absolute atomic E-state index is 0.128. The summed E-state index contributed by atoms with van der Waals surface area (Å²) in [5, 5.41) is 0.647. The Hall–Kier alpha value is -1.70. The number of ether oxygens (including phenoxy) is 2. The van der Waals surface area contributed by atoms with Crippen LogP contribution in [0.1, 0.15) is 0 Å². The Labute approximate surface area is 126 Å². The van der Waals surface area contributed by atoms with Crippen LogP contribution < -0.4 is 21.9 Å². The molecular weight excluding hydrogens is 305 g/mol. The van der Waals surface area contributed by atoms with Crippen LogP contribution in [0.15, 0.2) is 22.1 Å². The van der Waals surface area contributed by atoms with Crippen molar-refractivity contribution in [3.05, 3.63) is 22.2 Å². The number of nitrogens with two attached hydrogens (primary N) is 3. The van der Waals surface area contributed by atoms with Gasteiger partial charge in [-0.15, -0.1) is 0 Å². The average molecular weight is 320 g/mol. The van der Waals surface area contributed by atoms with Crippen LogP contribution >= 0.6 is 23.2 Å². The molecule has 1 rings (SSSR count). The molecule has 0 spiro atoms. The molecule has 6 N–H and O–H groups in total. The molecule has 0 bridgehead atoms. The summed E-state index contributed by atoms with van der Waals surface area (Å²) in [4.78, 5) is 7.56. The van der Waals surface area contributed by atoms with Gasteiger partial charge in [-0.05, 0) is 6.07 Å². The van der Waals surface area contributed by atoms with Crippen molar-refractivity contribution < 1.29 is 9.47 Å². The van der Waals surface area contributed by atoms with Gasteiger partial charge >= 0.3 is 0 Å². The molecule has 9 heteroatoms. The second kappa shape index (κ2) is 7.78. The Morgan fingerprint density at radius 3 is 2.45 bits per heavy atom. The average Bonchev–Trinajstić information content (AvgIpc) is 2.34. The highest BCUT2D eigenvalue weighted by Gasteiger charge is 2.09. The predicted molar refractivity (Wildman–Crippen MR) is 80.9 cm³/mol. The number of methoxy groups -OCH3 is 1. The fourth-order valence-corrected chi connectivity index (χ4v) is 1.71. The Morgan fingerprint density at radius 2 is 1.85 bits per heavy atom. The van der Waals surface area contributed by atoms with E-state index in [0.717, 1.165) is 0 Å². The fourth-order valence-electron chi connectivity index (χ4n) is 1.23. The standard InChI is InChI=1S/C11H15Cl2N5O2/c1-19-2-3-20-9-5-8(6(12)4-7(9)13)17-11(16)18-10(14)15/h4-5H,2-3H2,1H3,(H6,14,15,16,17,18). The van der Waals surface area contributed by atoms with Crippen molar-refractivity contribution in [1.82, 2.24) is 0 Å². The van der Waals surface area contributed by atoms with Crippen molar-refractivity contribution >= 4 is 40.8 Å². The second-order valence-electron chi connectivity index (χ2n) is 3.58. The Bertz CT molecular complexity index is 530. The van der Waals surface area contributed by atoms with E-state index in [2.05, 4.69) is 9.98 Å². The number of rotatable bonds is 5. The summed E-state index contributed by atoms with van der Waals surface area (Å²) in [7, 11) is 1.57. The Morgan fingerprint density at radius 1 is 1.15 bits per heavy atom. The summed E-state index contributed by atoms with van der Waals surface area (Å²) in [6, 6.07) is 3.03. The fraction of sp³-hybridized carbons (Fsp3) is 0.273. The molecule has 0 fully saturated rings. The van der Waals surface area contributed by atoms with Crippen LogP contribution in [0.2, 0.25) is 10.0 Å². The normalized spacial score (nSPS) is 11.2. The summed E-state index contributed by atoms with van der Waals surface area (Å²) in [5.74, 6) is 0.0781. The van der Waals surface area contributed by atoms with Crippen LogP contribution in [-0.4, -0.2) is 32.2 Å². The van der Waals surface area contributed by atoms with Crippen molar-refractivity contribution in [3.63, 3.8) is 0 Å². The van der Waals surface area contributed by atoms with Crippen molar-refractivity contribution in [2.45, 2.75) is 0 Å². The molecule has 0 heterocycles. The molecule has 0 aromatic heterocycles. The van der Waals surface area contributed by atoms with Crippen LogP contribution in [0.5, 0.6) is 5.75 Å². The molecule has 0 atom stereocenters. The van der Waals surface area contributed by atoms with E-state index in [1.54, 1.807) is 7.11 Å². The zero-order valence-electron chi connectivity index (χ0n) is 10.8. The first-order valence-corrected chi connectivity index (χ1v) is 6.24. The van der Waals surface area contributed by atoms with Crippen molar-refractivity contribution in [2.24, 2.45) is 27.2 Å². The molecule has 1 aromatic rings. The Balaban J connectivity index is 3.02. The van der Waals surface area contributed by atoms with Crippen molar-refractivity contribution in [1.29, 1.82) is 0 Å². The predicted octanol–water partition coefficient (Wildman–Crippen LogP) is 1.24. The minimum Gasteiger partial charge on any atom is -0.490 e. The highest BCUT2D eigenvalue weighted by Crippen LogP contribution is 2.35. The van der Waals surface area contributed by atoms with Crippen LogP contribution in [0.25, 0.3) is 0 Å². The van der Waals surface area contributed by atoms with Gasteiger partial charge in [0, 0.05) is 13.2 Å². The molecule has 0 radical (unpaired) electrons. The highest BCUT2D eigenvalue weighted by atomic mass is 35.5. The maximum atomic E-state index is 6.01. The number of hydrogen-bond acceptors (Lipinski definition) is 3. The van der Waals surface area contributed by atoms with Gasteiger partial charge in [-0.1, -0.05) is 23.2 Å². The van der Waals surface area contributed by atoms with Gasteiger partial charge in [0.05, 0.1) is 22.3 Å². The van der Waals surface area contributed by atoms with Gasteiger partial charge in [-0.2, -0.15) is 4.99 Å². The first-order chi connectivity index (χ1) is 9.43. The molecule has 0 saturated carbocycles. The Kier molecular flexibility index (Phi) is 6.37. The minimum atomic E-state index is -0.201. The van der Waals surface area contributed by atoms with Gasteiger partial charge in [-0.25, -0.2) is 4.99 Å². The van der Waals surface area contributed by atoms with Crippen LogP contribution in [-0.2, 0) is 4.74 Å². The third-order valence-corrected chi connectivity index (χ3v) is 2.62. The largest absolute Gasteiger partial charge is 0.490 e. The van der Waals surface area contributed by atoms with E-state index in [4.69, 9.17) is 49.9 Å². The molecule has 20 heavy (non-hydrogen) atoms. The monoisotopic (exact) mass is 319 g/mol. The van der Waals surface area contributed by atoms with Crippen LogP contribution in [0.4, 0.5) is 5.69 Å². The lowest BCUT2D eigenvalue weighted by Gasteiger charge is -2.09. The molecule has 0 aliphatic carbocycles. The maximum Gasteiger partial charge on any atom is 0.223 e. The van der Waals surface area contributed by atoms with Gasteiger partial charge in [0.2, 0.25) is 5.96 Å². The first kappa shape index (κ1) is 16.4. The van der Waals surface area contributed by atoms with Gasteiger partial charge in [0.15, 0.2) is 5.96 Å². The van der Waals surface area contributed by atoms with Gasteiger partial charge in [-0.3, -0.25) is 0 Å². The summed E-state index contributed by atoms with van der Waals surface area (Å²) >= 11 is 12.0. The first-order valence-electron chi connectivity index (χ1n) is 5.48. The second-order valence-corrected chi connectivity index (χ2v) is 4.40. The SMILES string of the molecule is COCCOc1cc(N=C(N)N=C(N)N)c(Cl)cc1Cl. The molecule has 7 nitrogen and oxygen atoms in total. The molecule has 0 saturated heterocycles. The van der Waals surface area contributed by atoms with E-state index < -0.39 is 0 Å². The number of aliphatic imine (C=N–C) groups is 2. The molecule has 0 aliphatic rings. The highest BCUT2D eigenvalue weighted by molar-refractivity contribution is 6.37. The molecule has 0 unspecified atom stereocenters. The summed E-state index contributed by atoms with van der Waals surface area (Å²) < 4.78 is 10.3. The zero-order valence-corrected chi connectivity index (χ0v) is 12.3. The summed E-state index contributed by atoms with van der Waals surface area (Å²) in [5.41, 5.74) is 16.3. The number of halogens is 2. The van der Waals surface area contributed by atoms with Crippen molar-refractivity contribution in [3.8, 4) is 5.75 Å². The topological polar surface area (TPSA) is 121 Å². The van der Waals surface area contributed by atoms with E-state index in [-0.39, 0.29) is 11.9 Å². The van der Waals surface area contributed by atoms with E-state index in [9.17, 15) is 0 Å². The van der Waals surface area contributed by atoms with Gasteiger partial charge < -0.3 is 26.7 Å². The molecule has 110 valence electrons. The van der Waals surface area contributed by atoms with Crippen LogP contribution in [0.3, 0.4) is 0 Å². The zero-order chi connectivity index (χ0) is 15.1. The number of hydrogen-bond donors (Lipinski definition) is 3. The molecule has 0 amide bonds. The van der Waals surface area contributed by atoms with E-state index in [0.29, 0.717) is 34.7 Å². The molecule has 0 aliphatic heterocycles. The number of benzene rings is 1. The molecule has 1 aromatic carbocycles. The summed E-state index contributed by atoms with van der Waals surface area (Å²) in [6.07, 6.45) is 0. The molecular formula is C11H15Cl2N5O2. The lowest BCUT2D eigenvalue weighted by molar-refractivity contribution is 0.146. The quantitative estimate of drug-likeness (QED) is 0.428. The van der Waals surface area contributed by atoms with Crippen LogP contribution in [0, 0.1) is 0 Å². The van der Waals surface area contributed by atoms with Gasteiger partial charge in [0.25, 0.3) is 0 Å². The number of nitrogens with zero attached hydrogens (tertiary/aromatic N) is 2.